The first-order valence-electron chi connectivity index (χ1n) is 4.55. The summed E-state index contributed by atoms with van der Waals surface area (Å²) in [6, 6.07) is 9.98. The average molecular weight is 190 g/mol. The van der Waals surface area contributed by atoms with E-state index >= 15 is 0 Å². The van der Waals surface area contributed by atoms with Gasteiger partial charge in [0.2, 0.25) is 0 Å². The smallest absolute Gasteiger partial charge is 0.174 e. The summed E-state index contributed by atoms with van der Waals surface area (Å²) in [6.07, 6.45) is 0. The molecule has 0 aliphatic heterocycles. The standard InChI is InChI=1S/C11H14N2O/c1-9(13-2)10-4-3-5-11(8-10)14-7-6-12/h3-5,8-9,13H,7H2,1-2H3. The van der Waals surface area contributed by atoms with Crippen molar-refractivity contribution in [3.05, 3.63) is 29.8 Å². The summed E-state index contributed by atoms with van der Waals surface area (Å²) >= 11 is 0. The van der Waals surface area contributed by atoms with Gasteiger partial charge in [-0.25, -0.2) is 0 Å². The zero-order chi connectivity index (χ0) is 10.4. The first-order valence-corrected chi connectivity index (χ1v) is 4.55. The van der Waals surface area contributed by atoms with Crippen molar-refractivity contribution >= 4 is 0 Å². The van der Waals surface area contributed by atoms with Gasteiger partial charge in [-0.1, -0.05) is 12.1 Å². The summed E-state index contributed by atoms with van der Waals surface area (Å²) < 4.78 is 5.20. The molecule has 14 heavy (non-hydrogen) atoms. The first kappa shape index (κ1) is 10.6. The third-order valence-corrected chi connectivity index (χ3v) is 2.09. The molecule has 0 saturated carbocycles. The Balaban J connectivity index is 2.74. The van der Waals surface area contributed by atoms with Gasteiger partial charge in [0, 0.05) is 6.04 Å². The van der Waals surface area contributed by atoms with Crippen LogP contribution in [0.15, 0.2) is 24.3 Å². The maximum Gasteiger partial charge on any atom is 0.174 e. The Morgan fingerprint density at radius 3 is 3.00 bits per heavy atom. The lowest BCUT2D eigenvalue weighted by molar-refractivity contribution is 0.367. The van der Waals surface area contributed by atoms with Crippen LogP contribution in [0.2, 0.25) is 0 Å². The van der Waals surface area contributed by atoms with Crippen LogP contribution in [0.25, 0.3) is 0 Å². The van der Waals surface area contributed by atoms with Gasteiger partial charge in [0.05, 0.1) is 0 Å². The van der Waals surface area contributed by atoms with Crippen LogP contribution in [0.3, 0.4) is 0 Å². The van der Waals surface area contributed by atoms with Crippen LogP contribution < -0.4 is 10.1 Å². The van der Waals surface area contributed by atoms with Crippen molar-refractivity contribution in [2.45, 2.75) is 13.0 Å². The molecular weight excluding hydrogens is 176 g/mol. The van der Waals surface area contributed by atoms with Gasteiger partial charge in [-0.05, 0) is 31.7 Å². The molecule has 1 N–H and O–H groups in total. The van der Waals surface area contributed by atoms with Gasteiger partial charge >= 0.3 is 0 Å². The highest BCUT2D eigenvalue weighted by molar-refractivity contribution is 5.30. The number of hydrogen-bond donors (Lipinski definition) is 1. The maximum absolute atomic E-state index is 8.36. The van der Waals surface area contributed by atoms with E-state index in [4.69, 9.17) is 10.00 Å². The molecule has 3 nitrogen and oxygen atoms in total. The predicted molar refractivity (Wildman–Crippen MR) is 55.0 cm³/mol. The monoisotopic (exact) mass is 190 g/mol. The highest BCUT2D eigenvalue weighted by Crippen LogP contribution is 2.18. The summed E-state index contributed by atoms with van der Waals surface area (Å²) in [7, 11) is 1.91. The number of ether oxygens (including phenoxy) is 1. The lowest BCUT2D eigenvalue weighted by atomic mass is 10.1. The summed E-state index contributed by atoms with van der Waals surface area (Å²) in [4.78, 5) is 0. The molecule has 0 spiro atoms. The Morgan fingerprint density at radius 1 is 1.57 bits per heavy atom. The van der Waals surface area contributed by atoms with Crippen molar-refractivity contribution < 1.29 is 4.74 Å². The van der Waals surface area contributed by atoms with E-state index < -0.39 is 0 Å². The fourth-order valence-electron chi connectivity index (χ4n) is 1.16. The maximum atomic E-state index is 8.36. The van der Waals surface area contributed by atoms with Gasteiger partial charge in [-0.3, -0.25) is 0 Å². The van der Waals surface area contributed by atoms with Crippen molar-refractivity contribution in [1.29, 1.82) is 5.26 Å². The fourth-order valence-corrected chi connectivity index (χ4v) is 1.16. The Labute approximate surface area is 84.3 Å². The molecule has 1 unspecified atom stereocenters. The quantitative estimate of drug-likeness (QED) is 0.788. The van der Waals surface area contributed by atoms with E-state index in [1.165, 1.54) is 0 Å². The van der Waals surface area contributed by atoms with E-state index in [1.54, 1.807) is 0 Å². The van der Waals surface area contributed by atoms with Crippen molar-refractivity contribution in [2.24, 2.45) is 0 Å². The van der Waals surface area contributed by atoms with Gasteiger partial charge in [0.25, 0.3) is 0 Å². The minimum absolute atomic E-state index is 0.0946. The van der Waals surface area contributed by atoms with Crippen molar-refractivity contribution in [3.63, 3.8) is 0 Å². The number of nitrogens with one attached hydrogen (secondary N) is 1. The highest BCUT2D eigenvalue weighted by atomic mass is 16.5. The number of rotatable bonds is 4. The van der Waals surface area contributed by atoms with Crippen LogP contribution in [0.1, 0.15) is 18.5 Å². The molecule has 0 aromatic heterocycles. The van der Waals surface area contributed by atoms with Gasteiger partial charge in [-0.2, -0.15) is 5.26 Å². The lowest BCUT2D eigenvalue weighted by Gasteiger charge is -2.11. The van der Waals surface area contributed by atoms with E-state index in [0.717, 1.165) is 11.3 Å². The molecule has 1 rings (SSSR count). The van der Waals surface area contributed by atoms with Crippen LogP contribution in [-0.2, 0) is 0 Å². The number of benzene rings is 1. The van der Waals surface area contributed by atoms with E-state index in [2.05, 4.69) is 12.2 Å². The van der Waals surface area contributed by atoms with Crippen LogP contribution in [0, 0.1) is 11.3 Å². The minimum atomic E-state index is 0.0946. The van der Waals surface area contributed by atoms with Crippen LogP contribution in [0.5, 0.6) is 5.75 Å². The second-order valence-corrected chi connectivity index (χ2v) is 3.03. The molecule has 3 heteroatoms. The van der Waals surface area contributed by atoms with Crippen molar-refractivity contribution in [3.8, 4) is 11.8 Å². The van der Waals surface area contributed by atoms with Gasteiger partial charge in [-0.15, -0.1) is 0 Å². The molecule has 1 atom stereocenters. The molecular formula is C11H14N2O. The molecule has 1 aromatic carbocycles. The summed E-state index contributed by atoms with van der Waals surface area (Å²) in [6.45, 7) is 2.17. The van der Waals surface area contributed by atoms with E-state index in [-0.39, 0.29) is 6.61 Å². The van der Waals surface area contributed by atoms with E-state index in [9.17, 15) is 0 Å². The first-order chi connectivity index (χ1) is 6.77. The van der Waals surface area contributed by atoms with Crippen LogP contribution in [0.4, 0.5) is 0 Å². The number of nitrogens with zero attached hydrogens (tertiary/aromatic N) is 1. The third kappa shape index (κ3) is 2.75. The highest BCUT2D eigenvalue weighted by Gasteiger charge is 2.02. The molecule has 0 radical (unpaired) electrons. The molecule has 0 heterocycles. The molecule has 0 fully saturated rings. The Kier molecular flexibility index (Phi) is 3.96. The molecule has 1 aromatic rings. The second-order valence-electron chi connectivity index (χ2n) is 3.03. The van der Waals surface area contributed by atoms with Crippen molar-refractivity contribution in [2.75, 3.05) is 13.7 Å². The zero-order valence-corrected chi connectivity index (χ0v) is 8.45. The largest absolute Gasteiger partial charge is 0.479 e. The topological polar surface area (TPSA) is 45.0 Å². The van der Waals surface area contributed by atoms with E-state index in [1.807, 2.05) is 37.4 Å². The Bertz CT molecular complexity index is 330. The minimum Gasteiger partial charge on any atom is -0.479 e. The molecule has 0 bridgehead atoms. The van der Waals surface area contributed by atoms with Gasteiger partial charge in [0.1, 0.15) is 11.8 Å². The van der Waals surface area contributed by atoms with E-state index in [0.29, 0.717) is 6.04 Å². The second kappa shape index (κ2) is 5.25. The predicted octanol–water partition coefficient (Wildman–Crippen LogP) is 1.87. The normalized spacial score (nSPS) is 11.8. The average Bonchev–Trinajstić information content (AvgIpc) is 2.25. The summed E-state index contributed by atoms with van der Waals surface area (Å²) in [5.74, 6) is 0.742. The van der Waals surface area contributed by atoms with Crippen molar-refractivity contribution in [1.82, 2.24) is 5.32 Å². The molecule has 0 aliphatic carbocycles. The van der Waals surface area contributed by atoms with Crippen LogP contribution >= 0.6 is 0 Å². The molecule has 74 valence electrons. The number of hydrogen-bond acceptors (Lipinski definition) is 3. The third-order valence-electron chi connectivity index (χ3n) is 2.09. The molecule has 0 amide bonds. The van der Waals surface area contributed by atoms with Gasteiger partial charge in [0.15, 0.2) is 6.61 Å². The molecule has 0 saturated heterocycles. The SMILES string of the molecule is CNC(C)c1cccc(OCC#N)c1. The molecule has 0 aliphatic rings. The Hall–Kier alpha value is -1.53. The van der Waals surface area contributed by atoms with Crippen LogP contribution in [-0.4, -0.2) is 13.7 Å². The summed E-state index contributed by atoms with van der Waals surface area (Å²) in [5, 5.41) is 11.5. The Morgan fingerprint density at radius 2 is 2.36 bits per heavy atom. The summed E-state index contributed by atoms with van der Waals surface area (Å²) in [5.41, 5.74) is 1.16. The van der Waals surface area contributed by atoms with Gasteiger partial charge < -0.3 is 10.1 Å². The fraction of sp³-hybridized carbons (Fsp3) is 0.364. The number of nitriles is 1. The lowest BCUT2D eigenvalue weighted by Crippen LogP contribution is -2.12. The zero-order valence-electron chi connectivity index (χ0n) is 8.45.